The number of quaternary nitrogens is 1. The fourth-order valence-electron chi connectivity index (χ4n) is 8.73. The molecule has 374 valence electrons. The third-order valence-electron chi connectivity index (χ3n) is 13.5. The van der Waals surface area contributed by atoms with E-state index in [0.29, 0.717) is 25.0 Å². The maximum absolute atomic E-state index is 16.3. The molecule has 4 N–H and O–H groups in total. The van der Waals surface area contributed by atoms with Crippen LogP contribution in [0.4, 0.5) is 22.4 Å². The second-order valence-corrected chi connectivity index (χ2v) is 23.2. The molecule has 1 saturated heterocycles. The van der Waals surface area contributed by atoms with Crippen molar-refractivity contribution in [2.75, 3.05) is 47.9 Å². The zero-order chi connectivity index (χ0) is 49.7. The summed E-state index contributed by atoms with van der Waals surface area (Å²) < 4.78 is 106. The number of benzene rings is 1. The molecule has 0 radical (unpaired) electrons. The number of nitrogens with zero attached hydrogens (tertiary/aromatic N) is 4. The maximum Gasteiger partial charge on any atom is 0.408 e. The summed E-state index contributed by atoms with van der Waals surface area (Å²) in [6.07, 6.45) is -4.91. The molecule has 8 atom stereocenters. The molecule has 4 fully saturated rings. The molecule has 5 aliphatic rings. The number of aliphatic hydroxyl groups is 1. The zero-order valence-corrected chi connectivity index (χ0v) is 40.5. The van der Waals surface area contributed by atoms with Gasteiger partial charge in [-0.25, -0.2) is 32.0 Å². The van der Waals surface area contributed by atoms with Crippen LogP contribution in [0.25, 0.3) is 11.0 Å². The highest BCUT2D eigenvalue weighted by Crippen LogP contribution is 2.50. The highest BCUT2D eigenvalue weighted by Gasteiger charge is 2.68. The standard InChI is InChI=1S/C40H52F4N6O9S.C5H14NO/c1-7-22-27-19-50(28(22)32(51)48-39(18-23(39)31(41)42)35(53)49-60(55,56)38(5)14-15-38)34(52)30(37(2,3)4)47-36(54)59-26-16-20(26)10-8-9-13-40(43,44)29-33(58-27)46-25-17-21(57-6)11-12-24(25)45-29;1-6(2,3)4-5-7/h11-12,17,20,22-23,26-28,30-31H,7-10,13-16,18-19H2,1-6H3,(H,47,54)(H,48,51)(H,49,53);7H,4-5H2,1-3H3/q;+1/t20-,22-,23+,26-,27+,28+,30-,39-;/m1./s1. The van der Waals surface area contributed by atoms with E-state index < -0.39 is 129 Å². The van der Waals surface area contributed by atoms with Crippen molar-refractivity contribution < 1.29 is 69.0 Å². The van der Waals surface area contributed by atoms with Crippen molar-refractivity contribution in [2.24, 2.45) is 23.2 Å². The number of rotatable bonds is 10. The van der Waals surface area contributed by atoms with Crippen molar-refractivity contribution in [1.82, 2.24) is 30.2 Å². The molecule has 1 aromatic heterocycles. The van der Waals surface area contributed by atoms with Gasteiger partial charge in [-0.05, 0) is 75.3 Å². The molecule has 0 unspecified atom stereocenters. The minimum atomic E-state index is -4.31. The third kappa shape index (κ3) is 11.5. The van der Waals surface area contributed by atoms with E-state index in [1.54, 1.807) is 33.8 Å². The van der Waals surface area contributed by atoms with Gasteiger partial charge in [0.15, 0.2) is 5.69 Å². The van der Waals surface area contributed by atoms with E-state index in [9.17, 15) is 36.4 Å². The van der Waals surface area contributed by atoms with Crippen LogP contribution in [-0.2, 0) is 35.1 Å². The highest BCUT2D eigenvalue weighted by atomic mass is 32.2. The van der Waals surface area contributed by atoms with Gasteiger partial charge in [-0.1, -0.05) is 34.1 Å². The van der Waals surface area contributed by atoms with Crippen LogP contribution < -0.4 is 24.8 Å². The lowest BCUT2D eigenvalue weighted by atomic mass is 9.85. The van der Waals surface area contributed by atoms with E-state index in [-0.39, 0.29) is 49.2 Å². The first-order chi connectivity index (χ1) is 31.1. The molecule has 2 aromatic rings. The van der Waals surface area contributed by atoms with Crippen LogP contribution in [0.5, 0.6) is 11.6 Å². The van der Waals surface area contributed by atoms with Gasteiger partial charge in [-0.15, -0.1) is 0 Å². The van der Waals surface area contributed by atoms with Crippen LogP contribution in [0.15, 0.2) is 18.2 Å². The van der Waals surface area contributed by atoms with Crippen LogP contribution in [0, 0.1) is 23.2 Å². The Kier molecular flexibility index (Phi) is 14.8. The molecular weight excluding hydrogens is 907 g/mol. The first-order valence-corrected chi connectivity index (χ1v) is 24.3. The van der Waals surface area contributed by atoms with Gasteiger partial charge >= 0.3 is 6.09 Å². The van der Waals surface area contributed by atoms with E-state index >= 15 is 8.78 Å². The van der Waals surface area contributed by atoms with E-state index in [2.05, 4.69) is 41.7 Å². The fraction of sp³-hybridized carbons (Fsp3) is 0.733. The monoisotopic (exact) mass is 972 g/mol. The van der Waals surface area contributed by atoms with Crippen molar-refractivity contribution >= 4 is 44.9 Å². The quantitative estimate of drug-likeness (QED) is 0.189. The van der Waals surface area contributed by atoms with Crippen LogP contribution in [-0.4, -0.2) is 146 Å². The number of halogens is 4. The molecule has 2 bridgehead atoms. The number of amides is 4. The number of nitrogens with one attached hydrogen (secondary N) is 3. The van der Waals surface area contributed by atoms with Crippen LogP contribution in [0.1, 0.15) is 98.1 Å². The SMILES string of the molecule is CC[C@@H]1[C@@H]2CN(C(=O)[C@H](C(C)(C)C)NC(=O)O[C@@H]3C[C@H]3CCCCC(F)(F)c3nc4ccc(OC)cc4nc3O2)[C@@H]1C(=O)N[C@]1(C(=O)NS(=O)(=O)C2(C)CC2)C[C@H]1C(F)F.C[N+](C)(C)CCO. The number of alkyl halides is 4. The number of ether oxygens (including phenoxy) is 3. The van der Waals surface area contributed by atoms with Gasteiger partial charge in [-0.3, -0.25) is 19.1 Å². The smallest absolute Gasteiger partial charge is 0.408 e. The normalized spacial score (nSPS) is 29.3. The summed E-state index contributed by atoms with van der Waals surface area (Å²) in [6, 6.07) is 1.59. The van der Waals surface area contributed by atoms with Gasteiger partial charge in [0, 0.05) is 18.4 Å². The lowest BCUT2D eigenvalue weighted by molar-refractivity contribution is -0.870. The molecule has 3 aliphatic carbocycles. The Bertz CT molecular complexity index is 2310. The molecule has 22 heteroatoms. The topological polar surface area (TPSA) is 215 Å². The number of hydrogen-bond donors (Lipinski definition) is 4. The zero-order valence-electron chi connectivity index (χ0n) is 39.7. The molecule has 1 aromatic carbocycles. The average molecular weight is 973 g/mol. The summed E-state index contributed by atoms with van der Waals surface area (Å²) in [6.45, 7) is 8.74. The number of aliphatic hydroxyl groups excluding tert-OH is 1. The van der Waals surface area contributed by atoms with Crippen molar-refractivity contribution in [2.45, 2.75) is 139 Å². The summed E-state index contributed by atoms with van der Waals surface area (Å²) in [4.78, 5) is 66.3. The number of aromatic nitrogens is 2. The number of carbonyl (C=O) groups is 4. The van der Waals surface area contributed by atoms with Crippen LogP contribution in [0.2, 0.25) is 0 Å². The maximum atomic E-state index is 16.3. The molecule has 7 rings (SSSR count). The van der Waals surface area contributed by atoms with Crippen molar-refractivity contribution in [3.63, 3.8) is 0 Å². The van der Waals surface area contributed by atoms with Gasteiger partial charge < -0.3 is 39.3 Å². The molecule has 3 heterocycles. The molecule has 0 spiro atoms. The highest BCUT2D eigenvalue weighted by molar-refractivity contribution is 7.91. The summed E-state index contributed by atoms with van der Waals surface area (Å²) in [5.74, 6) is -9.85. The second-order valence-electron chi connectivity index (χ2n) is 21.0. The van der Waals surface area contributed by atoms with E-state index in [1.165, 1.54) is 26.2 Å². The Hall–Kier alpha value is -4.57. The van der Waals surface area contributed by atoms with Gasteiger partial charge in [-0.2, -0.15) is 8.78 Å². The summed E-state index contributed by atoms with van der Waals surface area (Å²) >= 11 is 0. The minimum Gasteiger partial charge on any atom is -0.497 e. The number of sulfonamides is 1. The number of likely N-dealkylation sites (N-methyl/N-ethyl adjacent to an activating group) is 1. The van der Waals surface area contributed by atoms with Gasteiger partial charge in [0.05, 0.1) is 63.1 Å². The number of alkyl carbamates (subject to hydrolysis) is 1. The molecule has 2 aliphatic heterocycles. The predicted molar refractivity (Wildman–Crippen MR) is 237 cm³/mol. The van der Waals surface area contributed by atoms with Crippen molar-refractivity contribution in [3.8, 4) is 11.6 Å². The molecular formula is C45H66F4N7O10S+. The third-order valence-corrected chi connectivity index (χ3v) is 15.7. The molecule has 17 nitrogen and oxygen atoms in total. The second kappa shape index (κ2) is 19.1. The number of methoxy groups -OCH3 is 1. The first kappa shape index (κ1) is 51.8. The minimum absolute atomic E-state index is 0.0516. The van der Waals surface area contributed by atoms with Gasteiger partial charge in [0.25, 0.3) is 11.8 Å². The predicted octanol–water partition coefficient (Wildman–Crippen LogP) is 4.64. The van der Waals surface area contributed by atoms with E-state index in [1.807, 2.05) is 4.72 Å². The Morgan fingerprint density at radius 1 is 1.06 bits per heavy atom. The number of carbonyl (C=O) groups excluding carboxylic acids is 4. The Labute approximate surface area is 389 Å². The van der Waals surface area contributed by atoms with Gasteiger partial charge in [0.2, 0.25) is 34.1 Å². The van der Waals surface area contributed by atoms with Crippen LogP contribution in [0.3, 0.4) is 0 Å². The largest absolute Gasteiger partial charge is 0.497 e. The molecule has 67 heavy (non-hydrogen) atoms. The Balaban J connectivity index is 0.000000980. The van der Waals surface area contributed by atoms with Crippen molar-refractivity contribution in [1.29, 1.82) is 0 Å². The Morgan fingerprint density at radius 2 is 1.75 bits per heavy atom. The van der Waals surface area contributed by atoms with Crippen molar-refractivity contribution in [3.05, 3.63) is 23.9 Å². The molecule has 3 saturated carbocycles. The average Bonchev–Trinajstić information content (AvgIpc) is 4.18. The Morgan fingerprint density at radius 3 is 2.30 bits per heavy atom. The first-order valence-electron chi connectivity index (χ1n) is 22.9. The number of hydrogen-bond acceptors (Lipinski definition) is 12. The summed E-state index contributed by atoms with van der Waals surface area (Å²) in [5, 5.41) is 13.4. The lowest BCUT2D eigenvalue weighted by Gasteiger charge is -2.36. The fourth-order valence-corrected chi connectivity index (χ4v) is 10.0. The van der Waals surface area contributed by atoms with Crippen LogP contribution >= 0.6 is 0 Å². The van der Waals surface area contributed by atoms with E-state index in [4.69, 9.17) is 19.3 Å². The number of fused-ring (bicyclic) bond motifs is 5. The molecule has 4 amide bonds. The lowest BCUT2D eigenvalue weighted by Crippen LogP contribution is -2.61. The van der Waals surface area contributed by atoms with Gasteiger partial charge in [0.1, 0.15) is 42.1 Å². The summed E-state index contributed by atoms with van der Waals surface area (Å²) in [5.41, 5.74) is -3.83. The summed E-state index contributed by atoms with van der Waals surface area (Å²) in [7, 11) is 3.26. The van der Waals surface area contributed by atoms with E-state index in [0.717, 1.165) is 15.9 Å².